The second-order valence-corrected chi connectivity index (χ2v) is 2.86. The Hall–Kier alpha value is -0.550. The first kappa shape index (κ1) is 8.55. The van der Waals surface area contributed by atoms with E-state index in [-0.39, 0.29) is 11.8 Å². The third kappa shape index (κ3) is 1.94. The van der Waals surface area contributed by atoms with Crippen molar-refractivity contribution in [3.8, 4) is 0 Å². The maximum absolute atomic E-state index is 10.2. The highest BCUT2D eigenvalue weighted by Crippen LogP contribution is 2.09. The molecule has 1 N–H and O–H groups in total. The van der Waals surface area contributed by atoms with Crippen LogP contribution in [-0.4, -0.2) is 28.3 Å². The summed E-state index contributed by atoms with van der Waals surface area (Å²) in [5.41, 5.74) is -0.769. The second-order valence-electron chi connectivity index (χ2n) is 2.03. The number of nitro groups is 1. The van der Waals surface area contributed by atoms with Crippen molar-refractivity contribution in [2.75, 3.05) is 6.54 Å². The molecule has 0 spiro atoms. The minimum Gasteiger partial charge on any atom is -0.339 e. The summed E-state index contributed by atoms with van der Waals surface area (Å²) in [6.45, 7) is 0.0347. The van der Waals surface area contributed by atoms with Gasteiger partial charge in [-0.2, -0.15) is 0 Å². The van der Waals surface area contributed by atoms with Crippen LogP contribution >= 0.6 is 23.2 Å². The molecule has 0 saturated carbocycles. The van der Waals surface area contributed by atoms with Gasteiger partial charge < -0.3 is 5.32 Å². The summed E-state index contributed by atoms with van der Waals surface area (Å²) in [4.78, 5) is 13.4. The zero-order chi connectivity index (χ0) is 8.43. The van der Waals surface area contributed by atoms with Gasteiger partial charge in [0, 0.05) is 4.92 Å². The van der Waals surface area contributed by atoms with Crippen molar-refractivity contribution in [1.29, 1.82) is 0 Å². The van der Waals surface area contributed by atoms with Gasteiger partial charge in [0.15, 0.2) is 10.8 Å². The van der Waals surface area contributed by atoms with E-state index < -0.39 is 16.5 Å². The van der Waals surface area contributed by atoms with E-state index in [0.717, 1.165) is 0 Å². The van der Waals surface area contributed by atoms with E-state index in [1.165, 1.54) is 0 Å². The second kappa shape index (κ2) is 3.23. The van der Waals surface area contributed by atoms with Crippen molar-refractivity contribution in [1.82, 2.24) is 5.32 Å². The van der Waals surface area contributed by atoms with E-state index in [0.29, 0.717) is 0 Å². The lowest BCUT2D eigenvalue weighted by Gasteiger charge is -2.19. The van der Waals surface area contributed by atoms with Gasteiger partial charge in [0.05, 0.1) is 0 Å². The quantitative estimate of drug-likeness (QED) is 0.287. The van der Waals surface area contributed by atoms with E-state index in [9.17, 15) is 10.1 Å². The zero-order valence-corrected chi connectivity index (χ0v) is 6.84. The van der Waals surface area contributed by atoms with Crippen molar-refractivity contribution < 1.29 is 4.92 Å². The lowest BCUT2D eigenvalue weighted by atomic mass is 10.3. The maximum atomic E-state index is 10.2. The molecule has 1 heterocycles. The summed E-state index contributed by atoms with van der Waals surface area (Å²) in [6, 6.07) is -0.890. The summed E-state index contributed by atoms with van der Waals surface area (Å²) in [5, 5.41) is 12.8. The number of hydrogen-bond acceptors (Lipinski definition) is 4. The molecule has 62 valence electrons. The Morgan fingerprint density at radius 2 is 2.45 bits per heavy atom. The van der Waals surface area contributed by atoms with E-state index in [1.54, 1.807) is 0 Å². The summed E-state index contributed by atoms with van der Waals surface area (Å²) < 4.78 is 0. The first-order chi connectivity index (χ1) is 5.11. The van der Waals surface area contributed by atoms with E-state index in [4.69, 9.17) is 23.2 Å². The fourth-order valence-electron chi connectivity index (χ4n) is 0.695. The highest BCUT2D eigenvalue weighted by Gasteiger charge is 2.33. The molecule has 0 aromatic heterocycles. The highest BCUT2D eigenvalue weighted by molar-refractivity contribution is 6.65. The van der Waals surface area contributed by atoms with Crippen LogP contribution in [0.25, 0.3) is 0 Å². The Bertz CT molecular complexity index is 208. The van der Waals surface area contributed by atoms with Crippen molar-refractivity contribution in [2.45, 2.75) is 11.5 Å². The molecule has 1 rings (SSSR count). The Morgan fingerprint density at radius 1 is 1.82 bits per heavy atom. The molecular formula is C4H5Cl2N3O2. The third-order valence-electron chi connectivity index (χ3n) is 1.28. The molecule has 0 bridgehead atoms. The maximum Gasteiger partial charge on any atom is 0.266 e. The number of rotatable bonds is 1. The van der Waals surface area contributed by atoms with Gasteiger partial charge in [-0.25, -0.2) is 0 Å². The summed E-state index contributed by atoms with van der Waals surface area (Å²) >= 11 is 11.0. The monoisotopic (exact) mass is 197 g/mol. The molecule has 0 saturated heterocycles. The van der Waals surface area contributed by atoms with Crippen LogP contribution in [0.3, 0.4) is 0 Å². The van der Waals surface area contributed by atoms with Crippen LogP contribution in [0.1, 0.15) is 0 Å². The zero-order valence-electron chi connectivity index (χ0n) is 5.33. The van der Waals surface area contributed by atoms with Gasteiger partial charge in [-0.3, -0.25) is 15.1 Å². The van der Waals surface area contributed by atoms with Crippen molar-refractivity contribution in [3.05, 3.63) is 10.1 Å². The number of hydrogen-bond donors (Lipinski definition) is 1. The Labute approximate surface area is 72.5 Å². The fraction of sp³-hybridized carbons (Fsp3) is 0.750. The molecule has 0 aliphatic carbocycles. The lowest BCUT2D eigenvalue weighted by molar-refractivity contribution is -0.520. The van der Waals surface area contributed by atoms with Crippen LogP contribution in [0, 0.1) is 10.1 Å². The molecule has 0 aromatic rings. The van der Waals surface area contributed by atoms with Crippen LogP contribution in [0.5, 0.6) is 0 Å². The molecule has 1 aliphatic rings. The molecule has 0 amide bonds. The predicted octanol–water partition coefficient (Wildman–Crippen LogP) is 0.395. The molecular weight excluding hydrogens is 193 g/mol. The molecule has 11 heavy (non-hydrogen) atoms. The SMILES string of the molecule is O=[N+]([O-])C1CN=C(Cl)NC1Cl. The van der Waals surface area contributed by atoms with E-state index in [2.05, 4.69) is 10.3 Å². The molecule has 0 aromatic carbocycles. The van der Waals surface area contributed by atoms with Crippen LogP contribution < -0.4 is 5.32 Å². The summed E-state index contributed by atoms with van der Waals surface area (Å²) in [6.07, 6.45) is 0. The van der Waals surface area contributed by atoms with E-state index >= 15 is 0 Å². The third-order valence-corrected chi connectivity index (χ3v) is 1.91. The summed E-state index contributed by atoms with van der Waals surface area (Å²) in [5.74, 6) is 0. The largest absolute Gasteiger partial charge is 0.339 e. The van der Waals surface area contributed by atoms with Crippen LogP contribution in [0.4, 0.5) is 0 Å². The van der Waals surface area contributed by atoms with Crippen molar-refractivity contribution in [3.63, 3.8) is 0 Å². The number of halogens is 2. The van der Waals surface area contributed by atoms with Gasteiger partial charge in [0.1, 0.15) is 6.54 Å². The van der Waals surface area contributed by atoms with Gasteiger partial charge in [0.25, 0.3) is 6.04 Å². The number of nitrogens with zero attached hydrogens (tertiary/aromatic N) is 2. The fourth-order valence-corrected chi connectivity index (χ4v) is 1.21. The number of amidine groups is 1. The smallest absolute Gasteiger partial charge is 0.266 e. The number of nitrogens with one attached hydrogen (secondary N) is 1. The minimum absolute atomic E-state index is 0.0347. The average molecular weight is 198 g/mol. The van der Waals surface area contributed by atoms with Gasteiger partial charge in [-0.15, -0.1) is 0 Å². The first-order valence-corrected chi connectivity index (χ1v) is 3.67. The Morgan fingerprint density at radius 3 is 2.91 bits per heavy atom. The molecule has 2 atom stereocenters. The van der Waals surface area contributed by atoms with Gasteiger partial charge >= 0.3 is 0 Å². The molecule has 0 radical (unpaired) electrons. The molecule has 1 aliphatic heterocycles. The van der Waals surface area contributed by atoms with Gasteiger partial charge in [0.2, 0.25) is 0 Å². The van der Waals surface area contributed by atoms with Crippen molar-refractivity contribution >= 4 is 28.5 Å². The van der Waals surface area contributed by atoms with Crippen LogP contribution in [0.2, 0.25) is 0 Å². The number of alkyl halides is 1. The Balaban J connectivity index is 2.65. The van der Waals surface area contributed by atoms with Gasteiger partial charge in [-0.1, -0.05) is 11.6 Å². The molecule has 0 fully saturated rings. The minimum atomic E-state index is -0.890. The Kier molecular flexibility index (Phi) is 2.51. The molecule has 5 nitrogen and oxygen atoms in total. The standard InChI is InChI=1S/C4H5Cl2N3O2/c5-3-2(9(10)11)1-7-4(6)8-3/h2-3H,1H2,(H,7,8). The first-order valence-electron chi connectivity index (χ1n) is 2.85. The van der Waals surface area contributed by atoms with E-state index in [1.807, 2.05) is 0 Å². The van der Waals surface area contributed by atoms with Crippen LogP contribution in [0.15, 0.2) is 4.99 Å². The van der Waals surface area contributed by atoms with Crippen LogP contribution in [-0.2, 0) is 0 Å². The average Bonchev–Trinajstić information content (AvgIpc) is 1.85. The highest BCUT2D eigenvalue weighted by atomic mass is 35.5. The van der Waals surface area contributed by atoms with Crippen molar-refractivity contribution in [2.24, 2.45) is 4.99 Å². The predicted molar refractivity (Wildman–Crippen MR) is 41.7 cm³/mol. The van der Waals surface area contributed by atoms with Gasteiger partial charge in [-0.05, 0) is 11.6 Å². The molecule has 7 heteroatoms. The summed E-state index contributed by atoms with van der Waals surface area (Å²) in [7, 11) is 0. The normalized spacial score (nSPS) is 30.5. The lowest BCUT2D eigenvalue weighted by Crippen LogP contribution is -2.47. The molecule has 2 unspecified atom stereocenters. The number of aliphatic imine (C=N–C) groups is 1. The topological polar surface area (TPSA) is 67.5 Å².